The molecule has 0 spiro atoms. The van der Waals surface area contributed by atoms with Crippen molar-refractivity contribution < 1.29 is 19.7 Å². The van der Waals surface area contributed by atoms with E-state index >= 15 is 0 Å². The van der Waals surface area contributed by atoms with E-state index in [-0.39, 0.29) is 12.9 Å². The fraction of sp³-hybridized carbons (Fsp3) is 0.368. The Kier molecular flexibility index (Phi) is 7.56. The molecule has 0 amide bonds. The fourth-order valence-electron chi connectivity index (χ4n) is 2.37. The van der Waals surface area contributed by atoms with E-state index in [0.717, 1.165) is 47.2 Å². The van der Waals surface area contributed by atoms with Crippen molar-refractivity contribution in [3.8, 4) is 11.5 Å². The van der Waals surface area contributed by atoms with Crippen LogP contribution in [0.3, 0.4) is 0 Å². The third-order valence-corrected chi connectivity index (χ3v) is 4.77. The highest BCUT2D eigenvalue weighted by atomic mass is 79.9. The van der Waals surface area contributed by atoms with Crippen molar-refractivity contribution >= 4 is 15.9 Å². The van der Waals surface area contributed by atoms with E-state index in [9.17, 15) is 5.11 Å². The number of ether oxygens (including phenoxy) is 2. The molecule has 0 radical (unpaired) electrons. The Morgan fingerprint density at radius 1 is 1.21 bits per heavy atom. The maximum absolute atomic E-state index is 9.26. The summed E-state index contributed by atoms with van der Waals surface area (Å²) in [6, 6.07) is 12.5. The van der Waals surface area contributed by atoms with Crippen LogP contribution in [0.15, 0.2) is 46.9 Å². The predicted octanol–water partition coefficient (Wildman–Crippen LogP) is 4.55. The van der Waals surface area contributed by atoms with Crippen LogP contribution in [0.4, 0.5) is 0 Å². The predicted molar refractivity (Wildman–Crippen MR) is 97.1 cm³/mol. The molecule has 3 rings (SSSR count). The highest BCUT2D eigenvalue weighted by Gasteiger charge is 2.16. The van der Waals surface area contributed by atoms with Crippen molar-refractivity contribution in [1.29, 1.82) is 0 Å². The topological polar surface area (TPSA) is 58.9 Å². The second-order valence-corrected chi connectivity index (χ2v) is 6.41. The quantitative estimate of drug-likeness (QED) is 0.801. The summed E-state index contributed by atoms with van der Waals surface area (Å²) in [5, 5.41) is 17.9. The third-order valence-electron chi connectivity index (χ3n) is 3.64. The second-order valence-electron chi connectivity index (χ2n) is 5.62. The molecule has 1 unspecified atom stereocenters. The van der Waals surface area contributed by atoms with Crippen molar-refractivity contribution in [2.24, 2.45) is 0 Å². The molecule has 1 aliphatic heterocycles. The van der Waals surface area contributed by atoms with Gasteiger partial charge in [-0.25, -0.2) is 0 Å². The van der Waals surface area contributed by atoms with E-state index in [1.165, 1.54) is 0 Å². The molecular weight excluding hydrogens is 372 g/mol. The molecule has 0 aromatic heterocycles. The van der Waals surface area contributed by atoms with Crippen LogP contribution < -0.4 is 4.74 Å². The lowest BCUT2D eigenvalue weighted by Gasteiger charge is -2.24. The number of benzene rings is 2. The molecular formula is C19H23BrO4. The minimum atomic E-state index is -0.143. The van der Waals surface area contributed by atoms with Crippen molar-refractivity contribution in [2.45, 2.75) is 39.1 Å². The molecule has 0 aliphatic carbocycles. The summed E-state index contributed by atoms with van der Waals surface area (Å²) in [5.41, 5.74) is 1.90. The number of hydrogen-bond donors (Lipinski definition) is 2. The average molecular weight is 395 g/mol. The molecule has 5 heteroatoms. The average Bonchev–Trinajstić information content (AvgIpc) is 2.60. The van der Waals surface area contributed by atoms with Crippen molar-refractivity contribution in [2.75, 3.05) is 6.61 Å². The molecule has 4 nitrogen and oxygen atoms in total. The van der Waals surface area contributed by atoms with Gasteiger partial charge in [-0.15, -0.1) is 0 Å². The van der Waals surface area contributed by atoms with Crippen LogP contribution in [0.25, 0.3) is 0 Å². The minimum absolute atomic E-state index is 0.00411. The molecule has 1 atom stereocenters. The lowest BCUT2D eigenvalue weighted by Crippen LogP contribution is -2.25. The largest absolute Gasteiger partial charge is 0.508 e. The number of rotatable bonds is 3. The number of aromatic hydroxyl groups is 1. The zero-order valence-electron chi connectivity index (χ0n) is 13.7. The number of hydrogen-bond acceptors (Lipinski definition) is 4. The molecule has 2 N–H and O–H groups in total. The normalized spacial score (nSPS) is 16.9. The summed E-state index contributed by atoms with van der Waals surface area (Å²) in [6.45, 7) is 2.76. The standard InChI is InChI=1S/C13H17BrO3.C6H6O/c1-9-6-11(7-10(8-15)13(9)14)17-12-4-2-3-5-16-12;7-6-4-2-1-3-5-6/h6-7,12,15H,2-5,8H2,1H3;1-5,7H. The number of halogens is 1. The van der Waals surface area contributed by atoms with E-state index in [2.05, 4.69) is 15.9 Å². The summed E-state index contributed by atoms with van der Waals surface area (Å²) in [7, 11) is 0. The first-order valence-electron chi connectivity index (χ1n) is 8.02. The molecule has 0 saturated carbocycles. The lowest BCUT2D eigenvalue weighted by atomic mass is 10.1. The number of phenols is 1. The Bertz CT molecular complexity index is 625. The zero-order valence-corrected chi connectivity index (χ0v) is 15.3. The number of aliphatic hydroxyl groups is 1. The number of aryl methyl sites for hydroxylation is 1. The Labute approximate surface area is 151 Å². The van der Waals surface area contributed by atoms with Gasteiger partial charge in [0.15, 0.2) is 6.29 Å². The molecule has 2 aromatic rings. The van der Waals surface area contributed by atoms with Gasteiger partial charge in [-0.2, -0.15) is 0 Å². The van der Waals surface area contributed by atoms with Gasteiger partial charge in [0, 0.05) is 10.9 Å². The van der Waals surface area contributed by atoms with Crippen LogP contribution in [-0.4, -0.2) is 23.1 Å². The Balaban J connectivity index is 0.000000249. The summed E-state index contributed by atoms with van der Waals surface area (Å²) in [4.78, 5) is 0. The van der Waals surface area contributed by atoms with E-state index < -0.39 is 0 Å². The second kappa shape index (κ2) is 9.67. The first-order chi connectivity index (χ1) is 11.6. The van der Waals surface area contributed by atoms with Gasteiger partial charge < -0.3 is 19.7 Å². The van der Waals surface area contributed by atoms with E-state index in [1.807, 2.05) is 25.1 Å². The van der Waals surface area contributed by atoms with Crippen LogP contribution >= 0.6 is 15.9 Å². The molecule has 1 heterocycles. The van der Waals surface area contributed by atoms with E-state index in [4.69, 9.17) is 14.6 Å². The first-order valence-corrected chi connectivity index (χ1v) is 8.81. The van der Waals surface area contributed by atoms with Crippen LogP contribution in [0.5, 0.6) is 11.5 Å². The third kappa shape index (κ3) is 5.82. The molecule has 1 fully saturated rings. The van der Waals surface area contributed by atoms with Crippen LogP contribution in [0.2, 0.25) is 0 Å². The fourth-order valence-corrected chi connectivity index (χ4v) is 2.73. The van der Waals surface area contributed by atoms with Crippen molar-refractivity contribution in [3.05, 3.63) is 58.1 Å². The highest BCUT2D eigenvalue weighted by Crippen LogP contribution is 2.28. The van der Waals surface area contributed by atoms with E-state index in [0.29, 0.717) is 5.75 Å². The monoisotopic (exact) mass is 394 g/mol. The zero-order chi connectivity index (χ0) is 17.4. The summed E-state index contributed by atoms with van der Waals surface area (Å²) >= 11 is 3.45. The maximum Gasteiger partial charge on any atom is 0.199 e. The molecule has 1 aliphatic rings. The number of phenolic OH excluding ortho intramolecular Hbond substituents is 1. The lowest BCUT2D eigenvalue weighted by molar-refractivity contribution is -0.105. The van der Waals surface area contributed by atoms with Gasteiger partial charge in [-0.1, -0.05) is 34.1 Å². The van der Waals surface area contributed by atoms with Gasteiger partial charge in [-0.3, -0.25) is 0 Å². The molecule has 0 bridgehead atoms. The SMILES string of the molecule is Cc1cc(OC2CCCCO2)cc(CO)c1Br.Oc1ccccc1. The smallest absolute Gasteiger partial charge is 0.199 e. The van der Waals surface area contributed by atoms with Crippen LogP contribution in [0.1, 0.15) is 30.4 Å². The summed E-state index contributed by atoms with van der Waals surface area (Å²) < 4.78 is 12.3. The van der Waals surface area contributed by atoms with E-state index in [1.54, 1.807) is 24.3 Å². The van der Waals surface area contributed by atoms with Crippen molar-refractivity contribution in [1.82, 2.24) is 0 Å². The number of aliphatic hydroxyl groups excluding tert-OH is 1. The summed E-state index contributed by atoms with van der Waals surface area (Å²) in [5.74, 6) is 1.09. The number of para-hydroxylation sites is 1. The molecule has 130 valence electrons. The van der Waals surface area contributed by atoms with Crippen molar-refractivity contribution in [3.63, 3.8) is 0 Å². The Hall–Kier alpha value is -1.56. The van der Waals surface area contributed by atoms with Gasteiger partial charge in [-0.05, 0) is 55.2 Å². The minimum Gasteiger partial charge on any atom is -0.508 e. The van der Waals surface area contributed by atoms with Gasteiger partial charge in [0.1, 0.15) is 11.5 Å². The van der Waals surface area contributed by atoms with Crippen LogP contribution in [0, 0.1) is 6.92 Å². The molecule has 1 saturated heterocycles. The van der Waals surface area contributed by atoms with Gasteiger partial charge >= 0.3 is 0 Å². The van der Waals surface area contributed by atoms with Gasteiger partial charge in [0.05, 0.1) is 13.2 Å². The highest BCUT2D eigenvalue weighted by molar-refractivity contribution is 9.10. The maximum atomic E-state index is 9.26. The first kappa shape index (κ1) is 18.8. The molecule has 2 aromatic carbocycles. The van der Waals surface area contributed by atoms with Crippen LogP contribution in [-0.2, 0) is 11.3 Å². The molecule has 24 heavy (non-hydrogen) atoms. The Morgan fingerprint density at radius 2 is 1.96 bits per heavy atom. The Morgan fingerprint density at radius 3 is 2.50 bits per heavy atom. The summed E-state index contributed by atoms with van der Waals surface area (Å²) in [6.07, 6.45) is 3.05. The van der Waals surface area contributed by atoms with Gasteiger partial charge in [0.2, 0.25) is 0 Å². The van der Waals surface area contributed by atoms with Gasteiger partial charge in [0.25, 0.3) is 0 Å².